The van der Waals surface area contributed by atoms with Gasteiger partial charge in [-0.15, -0.1) is 0 Å². The second-order valence-corrected chi connectivity index (χ2v) is 6.68. The lowest BCUT2D eigenvalue weighted by Crippen LogP contribution is -2.13. The molecule has 0 bridgehead atoms. The van der Waals surface area contributed by atoms with Crippen LogP contribution in [-0.2, 0) is 0 Å². The first-order valence-electron chi connectivity index (χ1n) is 8.70. The van der Waals surface area contributed by atoms with Crippen LogP contribution in [-0.4, -0.2) is 34.2 Å². The summed E-state index contributed by atoms with van der Waals surface area (Å²) in [5.41, 5.74) is 4.71. The Labute approximate surface area is 151 Å². The molecule has 4 rings (SSSR count). The van der Waals surface area contributed by atoms with E-state index in [0.29, 0.717) is 17.5 Å². The van der Waals surface area contributed by atoms with Crippen molar-refractivity contribution >= 4 is 11.6 Å². The van der Waals surface area contributed by atoms with Crippen molar-refractivity contribution in [2.45, 2.75) is 26.2 Å². The van der Waals surface area contributed by atoms with Crippen molar-refractivity contribution in [1.29, 1.82) is 0 Å². The average Bonchev–Trinajstić information content (AvgIpc) is 3.37. The van der Waals surface area contributed by atoms with Gasteiger partial charge in [0.25, 0.3) is 5.91 Å². The van der Waals surface area contributed by atoms with Crippen LogP contribution in [0.25, 0.3) is 11.5 Å². The molecule has 26 heavy (non-hydrogen) atoms. The minimum atomic E-state index is -0.234. The van der Waals surface area contributed by atoms with Gasteiger partial charge in [0.1, 0.15) is 6.26 Å². The molecule has 1 fully saturated rings. The molecule has 7 heteroatoms. The first kappa shape index (κ1) is 16.5. The Morgan fingerprint density at radius 2 is 2.19 bits per heavy atom. The van der Waals surface area contributed by atoms with Crippen LogP contribution in [0.5, 0.6) is 0 Å². The topological polar surface area (TPSA) is 95.8 Å². The fourth-order valence-corrected chi connectivity index (χ4v) is 3.14. The van der Waals surface area contributed by atoms with E-state index in [1.165, 1.54) is 0 Å². The quantitative estimate of drug-likeness (QED) is 0.671. The molecule has 134 valence electrons. The van der Waals surface area contributed by atoms with Crippen molar-refractivity contribution in [1.82, 2.24) is 20.5 Å². The number of rotatable bonds is 4. The van der Waals surface area contributed by atoms with Gasteiger partial charge in [-0.25, -0.2) is 4.98 Å². The van der Waals surface area contributed by atoms with E-state index in [4.69, 9.17) is 4.42 Å². The maximum Gasteiger partial charge on any atom is 0.276 e. The van der Waals surface area contributed by atoms with E-state index < -0.39 is 0 Å². The highest BCUT2D eigenvalue weighted by atomic mass is 16.3. The van der Waals surface area contributed by atoms with Crippen LogP contribution in [0.2, 0.25) is 0 Å². The number of benzene rings is 1. The molecular formula is C19H21N5O2. The molecule has 1 aromatic carbocycles. The van der Waals surface area contributed by atoms with Crippen LogP contribution >= 0.6 is 0 Å². The Morgan fingerprint density at radius 3 is 2.92 bits per heavy atom. The molecule has 1 atom stereocenters. The van der Waals surface area contributed by atoms with Gasteiger partial charge >= 0.3 is 0 Å². The van der Waals surface area contributed by atoms with Crippen LogP contribution < -0.4 is 10.6 Å². The number of aryl methyl sites for hydroxylation is 2. The number of nitrogens with one attached hydrogen (secondary N) is 3. The Kier molecular flexibility index (Phi) is 4.30. The highest BCUT2D eigenvalue weighted by Crippen LogP contribution is 2.26. The number of hydrogen-bond donors (Lipinski definition) is 3. The Hall–Kier alpha value is -2.93. The molecule has 0 spiro atoms. The molecule has 3 aromatic rings. The fourth-order valence-electron chi connectivity index (χ4n) is 3.14. The SMILES string of the molecule is Cc1coc(-c2ccc(C)c(NC(=O)c3cc(C4CCNC4)[nH]n3)c2)n1. The summed E-state index contributed by atoms with van der Waals surface area (Å²) < 4.78 is 5.45. The van der Waals surface area contributed by atoms with Crippen molar-refractivity contribution in [3.05, 3.63) is 53.2 Å². The summed E-state index contributed by atoms with van der Waals surface area (Å²) in [5.74, 6) is 0.693. The minimum Gasteiger partial charge on any atom is -0.444 e. The summed E-state index contributed by atoms with van der Waals surface area (Å²) in [6, 6.07) is 7.57. The molecule has 1 aliphatic rings. The van der Waals surface area contributed by atoms with Gasteiger partial charge < -0.3 is 15.1 Å². The van der Waals surface area contributed by atoms with Crippen LogP contribution in [0.3, 0.4) is 0 Å². The van der Waals surface area contributed by atoms with Gasteiger partial charge in [0.05, 0.1) is 5.69 Å². The lowest BCUT2D eigenvalue weighted by Gasteiger charge is -2.08. The summed E-state index contributed by atoms with van der Waals surface area (Å²) in [7, 11) is 0. The molecule has 1 aliphatic heterocycles. The van der Waals surface area contributed by atoms with E-state index >= 15 is 0 Å². The third kappa shape index (κ3) is 3.25. The van der Waals surface area contributed by atoms with Gasteiger partial charge in [-0.2, -0.15) is 5.10 Å². The largest absolute Gasteiger partial charge is 0.444 e. The Bertz CT molecular complexity index is 937. The fraction of sp³-hybridized carbons (Fsp3) is 0.316. The third-order valence-corrected chi connectivity index (χ3v) is 4.68. The number of nitrogens with zero attached hydrogens (tertiary/aromatic N) is 2. The summed E-state index contributed by atoms with van der Waals surface area (Å²) in [5, 5.41) is 13.4. The average molecular weight is 351 g/mol. The number of H-pyrrole nitrogens is 1. The van der Waals surface area contributed by atoms with Crippen LogP contribution in [0.4, 0.5) is 5.69 Å². The van der Waals surface area contributed by atoms with Crippen LogP contribution in [0.1, 0.15) is 39.8 Å². The van der Waals surface area contributed by atoms with Gasteiger partial charge in [0.15, 0.2) is 5.69 Å². The van der Waals surface area contributed by atoms with Crippen molar-refractivity contribution < 1.29 is 9.21 Å². The lowest BCUT2D eigenvalue weighted by molar-refractivity contribution is 0.102. The lowest BCUT2D eigenvalue weighted by atomic mass is 10.0. The van der Waals surface area contributed by atoms with E-state index in [2.05, 4.69) is 25.8 Å². The second-order valence-electron chi connectivity index (χ2n) is 6.68. The van der Waals surface area contributed by atoms with E-state index in [1.54, 1.807) is 6.26 Å². The maximum atomic E-state index is 12.6. The number of oxazole rings is 1. The molecule has 2 aromatic heterocycles. The smallest absolute Gasteiger partial charge is 0.276 e. The minimum absolute atomic E-state index is 0.234. The zero-order chi connectivity index (χ0) is 18.1. The van der Waals surface area contributed by atoms with Crippen molar-refractivity contribution in [3.63, 3.8) is 0 Å². The summed E-state index contributed by atoms with van der Waals surface area (Å²) >= 11 is 0. The molecule has 7 nitrogen and oxygen atoms in total. The summed E-state index contributed by atoms with van der Waals surface area (Å²) in [6.45, 7) is 5.73. The molecule has 1 saturated heterocycles. The van der Waals surface area contributed by atoms with E-state index in [0.717, 1.165) is 47.7 Å². The number of carbonyl (C=O) groups excluding carboxylic acids is 1. The van der Waals surface area contributed by atoms with Crippen LogP contribution in [0.15, 0.2) is 34.9 Å². The van der Waals surface area contributed by atoms with Gasteiger partial charge in [0, 0.05) is 29.4 Å². The first-order valence-corrected chi connectivity index (χ1v) is 8.70. The zero-order valence-corrected chi connectivity index (χ0v) is 14.8. The molecule has 0 radical (unpaired) electrons. The third-order valence-electron chi connectivity index (χ3n) is 4.68. The normalized spacial score (nSPS) is 16.8. The van der Waals surface area contributed by atoms with Gasteiger partial charge in [0.2, 0.25) is 5.89 Å². The van der Waals surface area contributed by atoms with Gasteiger partial charge in [-0.1, -0.05) is 6.07 Å². The molecule has 3 heterocycles. The highest BCUT2D eigenvalue weighted by molar-refractivity contribution is 6.03. The number of anilines is 1. The van der Waals surface area contributed by atoms with E-state index in [-0.39, 0.29) is 5.91 Å². The van der Waals surface area contributed by atoms with Gasteiger partial charge in [-0.05, 0) is 50.6 Å². The maximum absolute atomic E-state index is 12.6. The van der Waals surface area contributed by atoms with E-state index in [9.17, 15) is 4.79 Å². The number of aromatic amines is 1. The Balaban J connectivity index is 1.53. The van der Waals surface area contributed by atoms with Gasteiger partial charge in [-0.3, -0.25) is 9.89 Å². The number of carbonyl (C=O) groups is 1. The first-order chi connectivity index (χ1) is 12.6. The monoisotopic (exact) mass is 351 g/mol. The van der Waals surface area contributed by atoms with Crippen molar-refractivity contribution in [3.8, 4) is 11.5 Å². The standard InChI is InChI=1S/C19H21N5O2/c1-11-3-4-13(19-21-12(2)10-26-19)7-15(11)22-18(25)17-8-16(23-24-17)14-5-6-20-9-14/h3-4,7-8,10,14,20H,5-6,9H2,1-2H3,(H,22,25)(H,23,24). The predicted molar refractivity (Wildman–Crippen MR) is 98.2 cm³/mol. The van der Waals surface area contributed by atoms with Crippen LogP contribution in [0, 0.1) is 13.8 Å². The Morgan fingerprint density at radius 1 is 1.31 bits per heavy atom. The highest BCUT2D eigenvalue weighted by Gasteiger charge is 2.21. The number of amides is 1. The zero-order valence-electron chi connectivity index (χ0n) is 14.8. The van der Waals surface area contributed by atoms with E-state index in [1.807, 2.05) is 38.1 Å². The number of hydrogen-bond acceptors (Lipinski definition) is 5. The molecule has 1 amide bonds. The molecule has 0 aliphatic carbocycles. The van der Waals surface area contributed by atoms with Crippen molar-refractivity contribution in [2.24, 2.45) is 0 Å². The molecular weight excluding hydrogens is 330 g/mol. The second kappa shape index (κ2) is 6.76. The molecule has 1 unspecified atom stereocenters. The molecule has 3 N–H and O–H groups in total. The number of aromatic nitrogens is 3. The molecule has 0 saturated carbocycles. The predicted octanol–water partition coefficient (Wildman–Crippen LogP) is 3.01. The summed E-state index contributed by atoms with van der Waals surface area (Å²) in [4.78, 5) is 16.9. The summed E-state index contributed by atoms with van der Waals surface area (Å²) in [6.07, 6.45) is 2.66. The van der Waals surface area contributed by atoms with Crippen molar-refractivity contribution in [2.75, 3.05) is 18.4 Å².